The average molecular weight is 230 g/mol. The van der Waals surface area contributed by atoms with Crippen molar-refractivity contribution in [1.29, 1.82) is 0 Å². The zero-order valence-electron chi connectivity index (χ0n) is 11.7. The first-order valence-corrected chi connectivity index (χ1v) is 7.87. The van der Waals surface area contributed by atoms with Gasteiger partial charge in [0.05, 0.1) is 5.60 Å². The van der Waals surface area contributed by atoms with Gasteiger partial charge in [0.15, 0.2) is 9.76 Å². The Morgan fingerprint density at radius 2 is 1.47 bits per heavy atom. The summed E-state index contributed by atoms with van der Waals surface area (Å²) in [5, 5.41) is 0.514. The lowest BCUT2D eigenvalue weighted by Crippen LogP contribution is -2.33. The Morgan fingerprint density at radius 3 is 1.80 bits per heavy atom. The predicted octanol–water partition coefficient (Wildman–Crippen LogP) is 4.05. The lowest BCUT2D eigenvalue weighted by Gasteiger charge is -2.34. The molecule has 0 aliphatic rings. The van der Waals surface area contributed by atoms with E-state index < -0.39 is 9.76 Å². The summed E-state index contributed by atoms with van der Waals surface area (Å²) in [5.74, 6) is 0. The number of hydrogen-bond donors (Lipinski definition) is 0. The Morgan fingerprint density at radius 1 is 0.933 bits per heavy atom. The van der Waals surface area contributed by atoms with E-state index in [-0.39, 0.29) is 5.60 Å². The molecule has 0 N–H and O–H groups in total. The molecule has 15 heavy (non-hydrogen) atoms. The van der Waals surface area contributed by atoms with Crippen LogP contribution in [-0.2, 0) is 4.43 Å². The van der Waals surface area contributed by atoms with Crippen LogP contribution in [0.2, 0.25) is 5.04 Å². The molecule has 0 saturated carbocycles. The summed E-state index contributed by atoms with van der Waals surface area (Å²) >= 11 is 0. The van der Waals surface area contributed by atoms with Gasteiger partial charge in [-0.25, -0.2) is 0 Å². The molecule has 92 valence electrons. The third kappa shape index (κ3) is 5.16. The Kier molecular flexibility index (Phi) is 6.77. The number of rotatable bonds is 8. The maximum absolute atomic E-state index is 6.28. The quantitative estimate of drug-likeness (QED) is 0.572. The number of hydrogen-bond acceptors (Lipinski definition) is 1. The van der Waals surface area contributed by atoms with Crippen molar-refractivity contribution in [1.82, 2.24) is 0 Å². The highest BCUT2D eigenvalue weighted by Crippen LogP contribution is 2.36. The molecule has 0 aromatic heterocycles. The van der Waals surface area contributed by atoms with Gasteiger partial charge in [-0.15, -0.1) is 0 Å². The van der Waals surface area contributed by atoms with Crippen LogP contribution in [0.5, 0.6) is 0 Å². The molecule has 0 heterocycles. The van der Waals surface area contributed by atoms with E-state index in [1.165, 1.54) is 19.3 Å². The summed E-state index contributed by atoms with van der Waals surface area (Å²) in [5.41, 5.74) is 0.149. The minimum atomic E-state index is -0.408. The fourth-order valence-corrected chi connectivity index (χ4v) is 3.56. The van der Waals surface area contributed by atoms with E-state index in [1.54, 1.807) is 0 Å². The van der Waals surface area contributed by atoms with Crippen molar-refractivity contribution in [3.8, 4) is 0 Å². The van der Waals surface area contributed by atoms with Gasteiger partial charge in [0.25, 0.3) is 0 Å². The molecule has 1 nitrogen and oxygen atoms in total. The molecule has 0 amide bonds. The molecule has 2 heteroatoms. The highest BCUT2D eigenvalue weighted by atomic mass is 28.2. The normalized spacial score (nSPS) is 17.2. The van der Waals surface area contributed by atoms with Crippen LogP contribution in [-0.4, -0.2) is 15.4 Å². The van der Waals surface area contributed by atoms with Gasteiger partial charge >= 0.3 is 0 Å². The standard InChI is InChI=1S/C13H30OSi/c1-7-11-13(6,10-4)15-14-12(5,8-2)9-3/h7-11,15H2,1-6H3. The first-order valence-electron chi connectivity index (χ1n) is 6.59. The van der Waals surface area contributed by atoms with Crippen LogP contribution >= 0.6 is 0 Å². The molecule has 0 aliphatic carbocycles. The second-order valence-electron chi connectivity index (χ2n) is 5.36. The van der Waals surface area contributed by atoms with E-state index in [4.69, 9.17) is 4.43 Å². The Labute approximate surface area is 98.9 Å². The van der Waals surface area contributed by atoms with Gasteiger partial charge in [0, 0.05) is 0 Å². The summed E-state index contributed by atoms with van der Waals surface area (Å²) in [6.45, 7) is 13.7. The summed E-state index contributed by atoms with van der Waals surface area (Å²) < 4.78 is 6.28. The van der Waals surface area contributed by atoms with Crippen LogP contribution in [0.15, 0.2) is 0 Å². The van der Waals surface area contributed by atoms with Gasteiger partial charge in [-0.2, -0.15) is 0 Å². The van der Waals surface area contributed by atoms with Crippen LogP contribution in [0.3, 0.4) is 0 Å². The smallest absolute Gasteiger partial charge is 0.168 e. The largest absolute Gasteiger partial charge is 0.418 e. The molecule has 0 fully saturated rings. The van der Waals surface area contributed by atoms with Crippen LogP contribution in [0.25, 0.3) is 0 Å². The van der Waals surface area contributed by atoms with Gasteiger partial charge < -0.3 is 4.43 Å². The molecule has 0 rings (SSSR count). The molecular weight excluding hydrogens is 200 g/mol. The molecule has 0 aromatic rings. The average Bonchev–Trinajstić information content (AvgIpc) is 2.26. The third-order valence-electron chi connectivity index (χ3n) is 3.97. The van der Waals surface area contributed by atoms with Gasteiger partial charge in [0.1, 0.15) is 0 Å². The summed E-state index contributed by atoms with van der Waals surface area (Å²) in [7, 11) is -0.408. The third-order valence-corrected chi connectivity index (χ3v) is 6.36. The van der Waals surface area contributed by atoms with Crippen LogP contribution < -0.4 is 0 Å². The first-order chi connectivity index (χ1) is 6.95. The van der Waals surface area contributed by atoms with Crippen molar-refractivity contribution in [3.05, 3.63) is 0 Å². The topological polar surface area (TPSA) is 9.23 Å². The molecule has 0 aliphatic heterocycles. The zero-order chi connectivity index (χ0) is 11.9. The predicted molar refractivity (Wildman–Crippen MR) is 72.2 cm³/mol. The molecule has 1 atom stereocenters. The fraction of sp³-hybridized carbons (Fsp3) is 1.00. The lowest BCUT2D eigenvalue weighted by molar-refractivity contribution is 0.0783. The van der Waals surface area contributed by atoms with Crippen molar-refractivity contribution in [2.24, 2.45) is 0 Å². The van der Waals surface area contributed by atoms with Crippen molar-refractivity contribution in [2.75, 3.05) is 0 Å². The molecule has 0 bridgehead atoms. The van der Waals surface area contributed by atoms with E-state index in [2.05, 4.69) is 41.5 Å². The summed E-state index contributed by atoms with van der Waals surface area (Å²) in [6.07, 6.45) is 6.18. The zero-order valence-corrected chi connectivity index (χ0v) is 13.1. The van der Waals surface area contributed by atoms with E-state index >= 15 is 0 Å². The van der Waals surface area contributed by atoms with E-state index in [1.807, 2.05) is 0 Å². The minimum absolute atomic E-state index is 0.149. The van der Waals surface area contributed by atoms with Gasteiger partial charge in [0.2, 0.25) is 0 Å². The van der Waals surface area contributed by atoms with Crippen LogP contribution in [0.4, 0.5) is 0 Å². The minimum Gasteiger partial charge on any atom is -0.418 e. The monoisotopic (exact) mass is 230 g/mol. The Balaban J connectivity index is 4.20. The highest BCUT2D eigenvalue weighted by molar-refractivity contribution is 6.32. The molecule has 0 spiro atoms. The molecule has 0 radical (unpaired) electrons. The van der Waals surface area contributed by atoms with Gasteiger partial charge in [-0.05, 0) is 31.2 Å². The first kappa shape index (κ1) is 15.2. The second kappa shape index (κ2) is 6.69. The Bertz CT molecular complexity index is 166. The van der Waals surface area contributed by atoms with E-state index in [9.17, 15) is 0 Å². The summed E-state index contributed by atoms with van der Waals surface area (Å²) in [6, 6.07) is 0. The molecule has 0 aromatic carbocycles. The highest BCUT2D eigenvalue weighted by Gasteiger charge is 2.27. The molecular formula is C13H30OSi. The van der Waals surface area contributed by atoms with Crippen LogP contribution in [0, 0.1) is 0 Å². The maximum atomic E-state index is 6.28. The van der Waals surface area contributed by atoms with Crippen LogP contribution in [0.1, 0.15) is 73.6 Å². The van der Waals surface area contributed by atoms with E-state index in [0.29, 0.717) is 5.04 Å². The lowest BCUT2D eigenvalue weighted by atomic mass is 10.0. The summed E-state index contributed by atoms with van der Waals surface area (Å²) in [4.78, 5) is 0. The SMILES string of the molecule is CCCC(C)(CC)[SiH2]OC(C)(CC)CC. The van der Waals surface area contributed by atoms with Crippen molar-refractivity contribution >= 4 is 9.76 Å². The van der Waals surface area contributed by atoms with Crippen molar-refractivity contribution in [2.45, 2.75) is 84.3 Å². The Hall–Kier alpha value is 0.177. The van der Waals surface area contributed by atoms with Gasteiger partial charge in [-0.3, -0.25) is 0 Å². The van der Waals surface area contributed by atoms with Gasteiger partial charge in [-0.1, -0.05) is 47.5 Å². The van der Waals surface area contributed by atoms with Crippen molar-refractivity contribution in [3.63, 3.8) is 0 Å². The maximum Gasteiger partial charge on any atom is 0.168 e. The molecule has 1 unspecified atom stereocenters. The second-order valence-corrected chi connectivity index (χ2v) is 7.64. The van der Waals surface area contributed by atoms with E-state index in [0.717, 1.165) is 12.8 Å². The fourth-order valence-electron chi connectivity index (χ4n) is 1.76. The molecule has 0 saturated heterocycles. The van der Waals surface area contributed by atoms with Crippen molar-refractivity contribution < 1.29 is 4.43 Å².